The number of para-hydroxylation sites is 2. The molecule has 0 saturated heterocycles. The van der Waals surface area contributed by atoms with Gasteiger partial charge in [0.05, 0.1) is 46.1 Å². The zero-order chi connectivity index (χ0) is 28.7. The number of hydrogen-bond donors (Lipinski definition) is 4. The predicted molar refractivity (Wildman–Crippen MR) is 134 cm³/mol. The van der Waals surface area contributed by atoms with E-state index in [1.54, 1.807) is 6.08 Å². The van der Waals surface area contributed by atoms with Gasteiger partial charge >= 0.3 is 11.9 Å². The van der Waals surface area contributed by atoms with Crippen LogP contribution < -0.4 is 19.5 Å². The molecule has 2 aromatic carbocycles. The third-order valence-corrected chi connectivity index (χ3v) is 4.86. The van der Waals surface area contributed by atoms with Crippen molar-refractivity contribution >= 4 is 29.8 Å². The lowest BCUT2D eigenvalue weighted by Crippen LogP contribution is -3.05. The molecule has 206 valence electrons. The van der Waals surface area contributed by atoms with Crippen molar-refractivity contribution in [1.29, 1.82) is 0 Å². The topological polar surface area (TPSA) is 175 Å². The van der Waals surface area contributed by atoms with E-state index in [0.717, 1.165) is 18.5 Å². The number of quaternary nitrogens is 1. The van der Waals surface area contributed by atoms with Gasteiger partial charge in [-0.2, -0.15) is 0 Å². The first-order valence-electron chi connectivity index (χ1n) is 11.7. The van der Waals surface area contributed by atoms with E-state index in [0.29, 0.717) is 23.9 Å². The zero-order valence-electron chi connectivity index (χ0n) is 21.5. The van der Waals surface area contributed by atoms with E-state index >= 15 is 0 Å². The SMILES string of the molecule is CC(=O)/C(=C/c1ccccc1)Oc1ccccc1OCCC[NH+](C)C.O=C(O)CC(O)(CC(=O)O)C(=O)[O-]. The number of carboxylic acids is 3. The maximum absolute atomic E-state index is 12.0. The van der Waals surface area contributed by atoms with E-state index in [2.05, 4.69) is 14.1 Å². The summed E-state index contributed by atoms with van der Waals surface area (Å²) < 4.78 is 11.7. The fraction of sp³-hybridized carbons (Fsp3) is 0.333. The van der Waals surface area contributed by atoms with E-state index in [1.165, 1.54) is 11.8 Å². The van der Waals surface area contributed by atoms with Crippen LogP contribution in [-0.4, -0.2) is 71.9 Å². The summed E-state index contributed by atoms with van der Waals surface area (Å²) in [5, 5.41) is 35.5. The molecule has 0 amide bonds. The Bertz CT molecular complexity index is 1100. The number of hydrogen-bond acceptors (Lipinski definition) is 8. The minimum absolute atomic E-state index is 0.130. The number of carbonyl (C=O) groups is 4. The second kappa shape index (κ2) is 15.8. The first kappa shape index (κ1) is 31.8. The summed E-state index contributed by atoms with van der Waals surface area (Å²) in [4.78, 5) is 43.7. The molecule has 0 aliphatic carbocycles. The first-order chi connectivity index (χ1) is 17.8. The van der Waals surface area contributed by atoms with Crippen LogP contribution in [0.25, 0.3) is 6.08 Å². The van der Waals surface area contributed by atoms with Crippen LogP contribution in [0.4, 0.5) is 0 Å². The van der Waals surface area contributed by atoms with Gasteiger partial charge in [0.2, 0.25) is 0 Å². The first-order valence-corrected chi connectivity index (χ1v) is 11.7. The van der Waals surface area contributed by atoms with Crippen molar-refractivity contribution in [3.63, 3.8) is 0 Å². The molecule has 11 nitrogen and oxygen atoms in total. The summed E-state index contributed by atoms with van der Waals surface area (Å²) in [5.41, 5.74) is -1.93. The van der Waals surface area contributed by atoms with E-state index in [4.69, 9.17) is 24.8 Å². The van der Waals surface area contributed by atoms with Crippen molar-refractivity contribution in [3.8, 4) is 11.5 Å². The van der Waals surface area contributed by atoms with Crippen LogP contribution in [0, 0.1) is 0 Å². The van der Waals surface area contributed by atoms with E-state index < -0.39 is 36.4 Å². The van der Waals surface area contributed by atoms with E-state index in [1.807, 2.05) is 54.6 Å². The van der Waals surface area contributed by atoms with Gasteiger partial charge in [-0.05, 0) is 23.8 Å². The molecular weight excluding hydrogens is 498 g/mol. The van der Waals surface area contributed by atoms with Gasteiger partial charge in [-0.3, -0.25) is 14.4 Å². The van der Waals surface area contributed by atoms with Crippen molar-refractivity contribution in [3.05, 3.63) is 65.9 Å². The Kier molecular flexibility index (Phi) is 13.2. The maximum atomic E-state index is 12.0. The molecule has 2 aromatic rings. The van der Waals surface area contributed by atoms with Crippen LogP contribution >= 0.6 is 0 Å². The number of ketones is 1. The van der Waals surface area contributed by atoms with Crippen LogP contribution in [-0.2, 0) is 19.2 Å². The average molecular weight is 532 g/mol. The number of rotatable bonds is 14. The molecule has 11 heteroatoms. The summed E-state index contributed by atoms with van der Waals surface area (Å²) >= 11 is 0. The molecule has 0 spiro atoms. The minimum Gasteiger partial charge on any atom is -0.547 e. The average Bonchev–Trinajstić information content (AvgIpc) is 2.82. The fourth-order valence-electron chi connectivity index (χ4n) is 2.99. The smallest absolute Gasteiger partial charge is 0.306 e. The highest BCUT2D eigenvalue weighted by Gasteiger charge is 2.34. The molecule has 0 saturated carbocycles. The van der Waals surface area contributed by atoms with Gasteiger partial charge in [0.25, 0.3) is 0 Å². The highest BCUT2D eigenvalue weighted by molar-refractivity contribution is 5.96. The number of aliphatic hydroxyl groups is 1. The largest absolute Gasteiger partial charge is 0.547 e. The second-order valence-corrected chi connectivity index (χ2v) is 8.64. The van der Waals surface area contributed by atoms with Gasteiger partial charge in [-0.1, -0.05) is 42.5 Å². The van der Waals surface area contributed by atoms with Crippen LogP contribution in [0.1, 0.15) is 31.7 Å². The maximum Gasteiger partial charge on any atom is 0.306 e. The Balaban J connectivity index is 0.000000471. The lowest BCUT2D eigenvalue weighted by atomic mass is 9.96. The third kappa shape index (κ3) is 12.2. The van der Waals surface area contributed by atoms with Crippen molar-refractivity contribution in [2.24, 2.45) is 0 Å². The molecule has 0 fully saturated rings. The highest BCUT2D eigenvalue weighted by Crippen LogP contribution is 2.29. The van der Waals surface area contributed by atoms with E-state index in [-0.39, 0.29) is 5.78 Å². The Morgan fingerprint density at radius 3 is 1.92 bits per heavy atom. The molecule has 0 aliphatic rings. The molecule has 0 heterocycles. The second-order valence-electron chi connectivity index (χ2n) is 8.64. The van der Waals surface area contributed by atoms with Gasteiger partial charge in [-0.15, -0.1) is 0 Å². The Hall–Kier alpha value is -4.22. The van der Waals surface area contributed by atoms with Gasteiger partial charge in [0, 0.05) is 13.3 Å². The normalized spacial score (nSPS) is 11.2. The van der Waals surface area contributed by atoms with Crippen molar-refractivity contribution in [2.75, 3.05) is 27.2 Å². The number of aliphatic carboxylic acids is 3. The predicted octanol–water partition coefficient (Wildman–Crippen LogP) is 0.0257. The summed E-state index contributed by atoms with van der Waals surface area (Å²) in [6.07, 6.45) is 0.286. The number of benzene rings is 2. The molecule has 0 aliphatic heterocycles. The summed E-state index contributed by atoms with van der Waals surface area (Å²) in [5.74, 6) is -3.98. The van der Waals surface area contributed by atoms with E-state index in [9.17, 15) is 24.3 Å². The van der Waals surface area contributed by atoms with Crippen molar-refractivity contribution < 1.29 is 54.0 Å². The monoisotopic (exact) mass is 531 g/mol. The summed E-state index contributed by atoms with van der Waals surface area (Å²) in [6.45, 7) is 3.15. The molecule has 0 unspecified atom stereocenters. The number of carbonyl (C=O) groups excluding carboxylic acids is 2. The molecular formula is C27H33NO10. The third-order valence-electron chi connectivity index (χ3n) is 4.86. The van der Waals surface area contributed by atoms with Crippen LogP contribution in [0.2, 0.25) is 0 Å². The highest BCUT2D eigenvalue weighted by atomic mass is 16.5. The summed E-state index contributed by atoms with van der Waals surface area (Å²) in [7, 11) is 4.23. The zero-order valence-corrected chi connectivity index (χ0v) is 21.5. The van der Waals surface area contributed by atoms with Crippen molar-refractivity contribution in [2.45, 2.75) is 31.8 Å². The Labute approximate surface area is 220 Å². The lowest BCUT2D eigenvalue weighted by molar-refractivity contribution is -0.858. The number of carboxylic acid groups (broad SMARTS) is 3. The van der Waals surface area contributed by atoms with Crippen LogP contribution in [0.3, 0.4) is 0 Å². The molecule has 2 rings (SSSR count). The van der Waals surface area contributed by atoms with Crippen LogP contribution in [0.15, 0.2) is 60.4 Å². The van der Waals surface area contributed by atoms with Gasteiger partial charge < -0.3 is 39.6 Å². The molecule has 38 heavy (non-hydrogen) atoms. The number of nitrogens with one attached hydrogen (secondary N) is 1. The number of Topliss-reactive ketones (excluding diaryl/α,β-unsaturated/α-hetero) is 1. The standard InChI is InChI=1S/C21H25NO3.C6H8O7/c1-17(23)21(16-18-10-5-4-6-11-18)25-20-13-8-7-12-19(20)24-15-9-14-22(2)3;7-3(8)1-6(13,5(11)12)2-4(9)10/h4-8,10-13,16H,9,14-15H2,1-3H3;13H,1-2H2,(H,7,8)(H,9,10)(H,11,12)/b21-16-;. The van der Waals surface area contributed by atoms with Crippen LogP contribution in [0.5, 0.6) is 11.5 Å². The fourth-order valence-corrected chi connectivity index (χ4v) is 2.99. The number of ether oxygens (including phenoxy) is 2. The quantitative estimate of drug-likeness (QED) is 0.148. The molecule has 0 aromatic heterocycles. The van der Waals surface area contributed by atoms with Gasteiger partial charge in [0.15, 0.2) is 23.0 Å². The molecule has 0 radical (unpaired) electrons. The molecule has 4 N–H and O–H groups in total. The van der Waals surface area contributed by atoms with Gasteiger partial charge in [0.1, 0.15) is 5.60 Å². The Morgan fingerprint density at radius 1 is 0.921 bits per heavy atom. The summed E-state index contributed by atoms with van der Waals surface area (Å²) in [6, 6.07) is 17.1. The Morgan fingerprint density at radius 2 is 1.45 bits per heavy atom. The minimum atomic E-state index is -2.85. The lowest BCUT2D eigenvalue weighted by Gasteiger charge is -2.25. The van der Waals surface area contributed by atoms with Crippen molar-refractivity contribution in [1.82, 2.24) is 0 Å². The molecule has 0 atom stereocenters. The number of allylic oxidation sites excluding steroid dienone is 1. The van der Waals surface area contributed by atoms with Gasteiger partial charge in [-0.25, -0.2) is 0 Å². The molecule has 0 bridgehead atoms.